The number of carboxylic acids is 1. The molecule has 0 bridgehead atoms. The number of Topliss-reactive ketones (excluding diaryl/α,β-unsaturated/α-hetero) is 1. The van der Waals surface area contributed by atoms with Crippen LogP contribution < -0.4 is 10.5 Å². The van der Waals surface area contributed by atoms with Gasteiger partial charge in [-0.05, 0) is 0 Å². The number of nitrogens with zero attached hydrogens (tertiary/aromatic N) is 1. The average molecular weight is 293 g/mol. The fourth-order valence-electron chi connectivity index (χ4n) is 1.08. The Morgan fingerprint density at radius 2 is 2.11 bits per heavy atom. The smallest absolute Gasteiger partial charge is 0.356 e. The molecule has 100 valence electrons. The summed E-state index contributed by atoms with van der Waals surface area (Å²) in [6.07, 6.45) is 0. The van der Waals surface area contributed by atoms with E-state index in [1.54, 1.807) is 0 Å². The van der Waals surface area contributed by atoms with Crippen LogP contribution in [0.2, 0.25) is 0 Å². The number of nitrogens with two attached hydrogens (primary N) is 1. The number of aromatic carboxylic acids is 1. The number of hydrogen-bond donors (Lipinski definition) is 3. The number of primary sulfonamides is 1. The molecule has 10 heteroatoms. The lowest BCUT2D eigenvalue weighted by Gasteiger charge is -1.99. The van der Waals surface area contributed by atoms with Crippen LogP contribution in [0.1, 0.15) is 27.1 Å². The molecule has 18 heavy (non-hydrogen) atoms. The number of carbonyl (C=O) groups excluding carboxylic acids is 1. The zero-order valence-corrected chi connectivity index (χ0v) is 11.0. The molecule has 0 saturated carbocycles. The lowest BCUT2D eigenvalue weighted by atomic mass is 10.3. The van der Waals surface area contributed by atoms with Crippen molar-refractivity contribution < 1.29 is 23.1 Å². The molecular weight excluding hydrogens is 282 g/mol. The van der Waals surface area contributed by atoms with Crippen LogP contribution in [0.4, 0.5) is 5.13 Å². The molecule has 0 spiro atoms. The molecule has 0 radical (unpaired) electrons. The zero-order chi connectivity index (χ0) is 13.9. The zero-order valence-electron chi connectivity index (χ0n) is 9.34. The van der Waals surface area contributed by atoms with Crippen molar-refractivity contribution in [1.82, 2.24) is 4.98 Å². The first-order valence-electron chi connectivity index (χ1n) is 4.70. The predicted molar refractivity (Wildman–Crippen MR) is 65.5 cm³/mol. The van der Waals surface area contributed by atoms with Crippen LogP contribution >= 0.6 is 11.3 Å². The highest BCUT2D eigenvalue weighted by Gasteiger charge is 2.20. The van der Waals surface area contributed by atoms with Crippen molar-refractivity contribution in [3.8, 4) is 0 Å². The van der Waals surface area contributed by atoms with E-state index in [0.29, 0.717) is 0 Å². The van der Waals surface area contributed by atoms with Gasteiger partial charge in [-0.3, -0.25) is 4.79 Å². The van der Waals surface area contributed by atoms with E-state index in [2.05, 4.69) is 10.3 Å². The van der Waals surface area contributed by atoms with Crippen LogP contribution in [0, 0.1) is 0 Å². The van der Waals surface area contributed by atoms with Crippen LogP contribution in [0.3, 0.4) is 0 Å². The number of rotatable bonds is 6. The Labute approximate surface area is 107 Å². The highest BCUT2D eigenvalue weighted by atomic mass is 32.2. The summed E-state index contributed by atoms with van der Waals surface area (Å²) in [4.78, 5) is 25.7. The quantitative estimate of drug-likeness (QED) is 0.614. The van der Waals surface area contributed by atoms with E-state index in [4.69, 9.17) is 10.2 Å². The molecule has 0 aliphatic heterocycles. The fourth-order valence-corrected chi connectivity index (χ4v) is 2.34. The number of carbonyl (C=O) groups is 2. The Balaban J connectivity index is 2.83. The van der Waals surface area contributed by atoms with Crippen LogP contribution in [0.5, 0.6) is 0 Å². The second kappa shape index (κ2) is 5.42. The van der Waals surface area contributed by atoms with Gasteiger partial charge >= 0.3 is 5.97 Å². The summed E-state index contributed by atoms with van der Waals surface area (Å²) in [5.41, 5.74) is -0.342. The van der Waals surface area contributed by atoms with Crippen molar-refractivity contribution >= 4 is 38.2 Å². The number of sulfonamides is 1. The van der Waals surface area contributed by atoms with Gasteiger partial charge in [0, 0.05) is 13.5 Å². The molecule has 1 heterocycles. The predicted octanol–water partition coefficient (Wildman–Crippen LogP) is -0.256. The molecule has 4 N–H and O–H groups in total. The normalized spacial score (nSPS) is 11.2. The van der Waals surface area contributed by atoms with Crippen LogP contribution in [0.15, 0.2) is 0 Å². The third-order valence-electron chi connectivity index (χ3n) is 1.81. The number of hydrogen-bond acceptors (Lipinski definition) is 7. The summed E-state index contributed by atoms with van der Waals surface area (Å²) in [5.74, 6) is -2.04. The summed E-state index contributed by atoms with van der Waals surface area (Å²) >= 11 is 0.858. The van der Waals surface area contributed by atoms with Gasteiger partial charge in [0.15, 0.2) is 16.6 Å². The summed E-state index contributed by atoms with van der Waals surface area (Å²) in [7, 11) is -3.60. The number of nitrogens with one attached hydrogen (secondary N) is 1. The van der Waals surface area contributed by atoms with Crippen molar-refractivity contribution in [3.05, 3.63) is 10.6 Å². The van der Waals surface area contributed by atoms with Gasteiger partial charge in [-0.2, -0.15) is 0 Å². The minimum atomic E-state index is -3.60. The SMILES string of the molecule is CC(=O)c1sc(NCCS(N)(=O)=O)nc1C(=O)O. The van der Waals surface area contributed by atoms with E-state index >= 15 is 0 Å². The van der Waals surface area contributed by atoms with Crippen LogP contribution in [0.25, 0.3) is 0 Å². The van der Waals surface area contributed by atoms with Crippen LogP contribution in [-0.2, 0) is 10.0 Å². The van der Waals surface area contributed by atoms with Crippen LogP contribution in [-0.4, -0.2) is 42.6 Å². The first-order valence-corrected chi connectivity index (χ1v) is 7.23. The first-order chi connectivity index (χ1) is 8.20. The van der Waals surface area contributed by atoms with E-state index in [0.717, 1.165) is 11.3 Å². The number of aromatic nitrogens is 1. The molecule has 0 unspecified atom stereocenters. The highest BCUT2D eigenvalue weighted by molar-refractivity contribution is 7.89. The molecule has 0 atom stereocenters. The van der Waals surface area contributed by atoms with Gasteiger partial charge in [0.25, 0.3) is 0 Å². The Morgan fingerprint density at radius 3 is 2.50 bits per heavy atom. The Bertz CT molecular complexity index is 546. The second-order valence-electron chi connectivity index (χ2n) is 3.35. The molecule has 0 fully saturated rings. The fraction of sp³-hybridized carbons (Fsp3) is 0.375. The Hall–Kier alpha value is -1.52. The van der Waals surface area contributed by atoms with Gasteiger partial charge in [0.2, 0.25) is 10.0 Å². The van der Waals surface area contributed by atoms with E-state index in [1.807, 2.05) is 0 Å². The molecule has 8 nitrogen and oxygen atoms in total. The van der Waals surface area contributed by atoms with Crippen molar-refractivity contribution in [2.75, 3.05) is 17.6 Å². The van der Waals surface area contributed by atoms with E-state index in [-0.39, 0.29) is 28.0 Å². The third-order valence-corrected chi connectivity index (χ3v) is 3.70. The maximum atomic E-state index is 11.2. The van der Waals surface area contributed by atoms with E-state index in [1.165, 1.54) is 6.92 Å². The van der Waals surface area contributed by atoms with Crippen molar-refractivity contribution in [2.24, 2.45) is 5.14 Å². The number of ketones is 1. The molecule has 0 aliphatic carbocycles. The molecule has 0 amide bonds. The molecule has 1 rings (SSSR count). The van der Waals surface area contributed by atoms with E-state index in [9.17, 15) is 18.0 Å². The molecule has 0 aliphatic rings. The lowest BCUT2D eigenvalue weighted by molar-refractivity contribution is 0.0687. The Morgan fingerprint density at radius 1 is 1.50 bits per heavy atom. The first kappa shape index (κ1) is 14.5. The molecule has 1 aromatic heterocycles. The van der Waals surface area contributed by atoms with Gasteiger partial charge in [0.1, 0.15) is 4.88 Å². The lowest BCUT2D eigenvalue weighted by Crippen LogP contribution is -2.22. The summed E-state index contributed by atoms with van der Waals surface area (Å²) < 4.78 is 21.4. The minimum absolute atomic E-state index is 0.0112. The maximum Gasteiger partial charge on any atom is 0.356 e. The molecule has 0 aromatic carbocycles. The third kappa shape index (κ3) is 4.05. The summed E-state index contributed by atoms with van der Waals surface area (Å²) in [6, 6.07) is 0. The van der Waals surface area contributed by atoms with Crippen molar-refractivity contribution in [1.29, 1.82) is 0 Å². The monoisotopic (exact) mass is 293 g/mol. The molecule has 0 saturated heterocycles. The average Bonchev–Trinajstić information content (AvgIpc) is 2.60. The topological polar surface area (TPSA) is 139 Å². The Kier molecular flexibility index (Phi) is 4.38. The summed E-state index contributed by atoms with van der Waals surface area (Å²) in [6.45, 7) is 1.22. The van der Waals surface area contributed by atoms with Gasteiger partial charge in [-0.25, -0.2) is 23.3 Å². The van der Waals surface area contributed by atoms with Gasteiger partial charge in [-0.1, -0.05) is 11.3 Å². The van der Waals surface area contributed by atoms with Gasteiger partial charge in [-0.15, -0.1) is 0 Å². The number of anilines is 1. The number of thiazole rings is 1. The number of carboxylic acid groups (broad SMARTS) is 1. The second-order valence-corrected chi connectivity index (χ2v) is 6.08. The van der Waals surface area contributed by atoms with Gasteiger partial charge < -0.3 is 10.4 Å². The largest absolute Gasteiger partial charge is 0.476 e. The van der Waals surface area contributed by atoms with Crippen molar-refractivity contribution in [2.45, 2.75) is 6.92 Å². The standard InChI is InChI=1S/C8H11N3O5S2/c1-4(12)6-5(7(13)14)11-8(17-6)10-2-3-18(9,15)16/h2-3H2,1H3,(H,10,11)(H,13,14)(H2,9,15,16). The molecule has 1 aromatic rings. The maximum absolute atomic E-state index is 11.2. The highest BCUT2D eigenvalue weighted by Crippen LogP contribution is 2.23. The molecular formula is C8H11N3O5S2. The van der Waals surface area contributed by atoms with Gasteiger partial charge in [0.05, 0.1) is 5.75 Å². The summed E-state index contributed by atoms with van der Waals surface area (Å²) in [5, 5.41) is 16.4. The minimum Gasteiger partial charge on any atom is -0.476 e. The van der Waals surface area contributed by atoms with Crippen molar-refractivity contribution in [3.63, 3.8) is 0 Å². The van der Waals surface area contributed by atoms with E-state index < -0.39 is 21.8 Å².